The van der Waals surface area contributed by atoms with E-state index in [-0.39, 0.29) is 35.7 Å². The number of hydrogen-bond donors (Lipinski definition) is 5. The number of alkyl carbamates (subject to hydrolysis) is 1. The van der Waals surface area contributed by atoms with Crippen molar-refractivity contribution in [1.82, 2.24) is 40.4 Å². The van der Waals surface area contributed by atoms with Crippen molar-refractivity contribution in [2.24, 2.45) is 11.8 Å². The minimum absolute atomic E-state index is 0.0548. The number of carbonyl (C=O) groups is 4. The molecule has 0 aliphatic carbocycles. The molecule has 0 bridgehead atoms. The van der Waals surface area contributed by atoms with Crippen LogP contribution in [0.1, 0.15) is 80.9 Å². The third-order valence-corrected chi connectivity index (χ3v) is 12.9. The molecule has 332 valence electrons. The van der Waals surface area contributed by atoms with Crippen LogP contribution in [0.5, 0.6) is 5.75 Å². The number of rotatable bonds is 11. The van der Waals surface area contributed by atoms with Gasteiger partial charge >= 0.3 is 12.2 Å². The van der Waals surface area contributed by atoms with Crippen molar-refractivity contribution in [1.29, 1.82) is 0 Å². The molecular weight excluding hydrogens is 817 g/mol. The van der Waals surface area contributed by atoms with Crippen molar-refractivity contribution >= 4 is 45.8 Å². The topological polar surface area (TPSA) is 204 Å². The molecule has 64 heavy (non-hydrogen) atoms. The summed E-state index contributed by atoms with van der Waals surface area (Å²) in [6, 6.07) is 21.0. The Morgan fingerprint density at radius 3 is 2.48 bits per heavy atom. The Bertz CT molecular complexity index is 2750. The second-order valence-electron chi connectivity index (χ2n) is 17.4. The zero-order valence-corrected chi connectivity index (χ0v) is 36.4. The van der Waals surface area contributed by atoms with Gasteiger partial charge in [-0.15, -0.1) is 0 Å². The Morgan fingerprint density at radius 1 is 0.922 bits per heavy atom. The van der Waals surface area contributed by atoms with Gasteiger partial charge < -0.3 is 49.7 Å². The van der Waals surface area contributed by atoms with Crippen molar-refractivity contribution in [2.75, 3.05) is 27.4 Å². The molecule has 2 fully saturated rings. The van der Waals surface area contributed by atoms with Gasteiger partial charge in [0.2, 0.25) is 5.91 Å². The van der Waals surface area contributed by atoms with E-state index in [0.29, 0.717) is 49.8 Å². The molecule has 4 amide bonds. The van der Waals surface area contributed by atoms with Gasteiger partial charge in [-0.3, -0.25) is 9.59 Å². The Morgan fingerprint density at radius 2 is 1.73 bits per heavy atom. The standard InChI is InChI=1S/C48H52N8O8/c1-25(2)40(53-47(59)60)46(58)56-26(3)11-16-37(56)43-49-21-36(51-43)30-12-14-32-31(18-30)24-64-39-20-33-29(19-34(32)39)13-15-35-42(33)52-44(50-35)38-17-27(23-62-4)22-55(38)45(57)41(54-48(61)63-5)28-9-7-6-8-10-28/h6-10,12-15,18-21,25-27,37-38,40-41,53H,11,16-17,22-24H2,1-5H3,(H,49,51)(H,50,52)(H,54,61)(H,59,60)/t26?,27-,37?,38-,40-,41+/m0/s1. The number of fused-ring (bicyclic) bond motifs is 6. The van der Waals surface area contributed by atoms with E-state index in [4.69, 9.17) is 24.2 Å². The first-order valence-electron chi connectivity index (χ1n) is 21.7. The number of carbonyl (C=O) groups excluding carboxylic acids is 3. The molecule has 2 aromatic heterocycles. The fourth-order valence-corrected chi connectivity index (χ4v) is 9.78. The second-order valence-corrected chi connectivity index (χ2v) is 17.4. The fraction of sp³-hybridized carbons (Fsp3) is 0.375. The van der Waals surface area contributed by atoms with E-state index in [1.807, 2.05) is 63.2 Å². The molecule has 16 heteroatoms. The van der Waals surface area contributed by atoms with E-state index in [2.05, 4.69) is 50.9 Å². The predicted molar refractivity (Wildman–Crippen MR) is 238 cm³/mol. The molecule has 5 heterocycles. The van der Waals surface area contributed by atoms with E-state index < -0.39 is 30.3 Å². The van der Waals surface area contributed by atoms with Crippen LogP contribution >= 0.6 is 0 Å². The first-order chi connectivity index (χ1) is 30.9. The number of aromatic amines is 2. The number of hydrogen-bond acceptors (Lipinski definition) is 9. The highest BCUT2D eigenvalue weighted by Crippen LogP contribution is 2.44. The number of methoxy groups -OCH3 is 2. The van der Waals surface area contributed by atoms with Gasteiger partial charge in [0, 0.05) is 36.6 Å². The quantitative estimate of drug-likeness (QED) is 0.0861. The first-order valence-corrected chi connectivity index (χ1v) is 21.7. The van der Waals surface area contributed by atoms with Gasteiger partial charge in [0.25, 0.3) is 5.91 Å². The number of aromatic nitrogens is 4. The van der Waals surface area contributed by atoms with Gasteiger partial charge in [-0.1, -0.05) is 62.4 Å². The summed E-state index contributed by atoms with van der Waals surface area (Å²) in [5, 5.41) is 16.5. The van der Waals surface area contributed by atoms with Crippen molar-refractivity contribution < 1.29 is 38.5 Å². The largest absolute Gasteiger partial charge is 0.488 e. The molecule has 0 saturated carbocycles. The molecule has 6 atom stereocenters. The molecule has 9 rings (SSSR count). The first kappa shape index (κ1) is 42.4. The molecule has 0 radical (unpaired) electrons. The van der Waals surface area contributed by atoms with Gasteiger partial charge in [0.15, 0.2) is 0 Å². The maximum Gasteiger partial charge on any atom is 0.407 e. The smallest absolute Gasteiger partial charge is 0.407 e. The summed E-state index contributed by atoms with van der Waals surface area (Å²) in [5.74, 6) is 1.38. The maximum atomic E-state index is 14.4. The van der Waals surface area contributed by atoms with Gasteiger partial charge in [0.1, 0.15) is 36.1 Å². The number of carboxylic acid groups (broad SMARTS) is 1. The third kappa shape index (κ3) is 7.86. The van der Waals surface area contributed by atoms with Crippen LogP contribution in [-0.4, -0.2) is 98.3 Å². The van der Waals surface area contributed by atoms with Crippen molar-refractivity contribution in [3.63, 3.8) is 0 Å². The molecule has 2 saturated heterocycles. The molecule has 4 aromatic carbocycles. The van der Waals surface area contributed by atoms with Crippen molar-refractivity contribution in [3.05, 3.63) is 102 Å². The Kier molecular flexibility index (Phi) is 11.5. The number of amides is 4. The van der Waals surface area contributed by atoms with Crippen LogP contribution in [0.15, 0.2) is 79.0 Å². The van der Waals surface area contributed by atoms with Crippen LogP contribution < -0.4 is 15.4 Å². The van der Waals surface area contributed by atoms with E-state index >= 15 is 0 Å². The van der Waals surface area contributed by atoms with Gasteiger partial charge in [-0.2, -0.15) is 0 Å². The monoisotopic (exact) mass is 868 g/mol. The Hall–Kier alpha value is -6.94. The maximum absolute atomic E-state index is 14.4. The number of nitrogens with zero attached hydrogens (tertiary/aromatic N) is 4. The highest BCUT2D eigenvalue weighted by atomic mass is 16.5. The van der Waals surface area contributed by atoms with E-state index in [1.165, 1.54) is 7.11 Å². The lowest BCUT2D eigenvalue weighted by Crippen LogP contribution is -2.52. The SMILES string of the molecule is COC[C@H]1C[C@@H](c2nc3ccc4cc5c(cc4c3[nH]2)OCc2cc(-c3cnc(C4CCC(C)N4C(=O)[C@@H](NC(=O)O)C(C)C)[nH]3)ccc2-5)N(C(=O)[C@H](NC(=O)OC)c2ccccc2)C1. The number of imidazole rings is 2. The lowest BCUT2D eigenvalue weighted by atomic mass is 9.92. The number of nitrogens with one attached hydrogen (secondary N) is 4. The minimum Gasteiger partial charge on any atom is -0.488 e. The summed E-state index contributed by atoms with van der Waals surface area (Å²) in [7, 11) is 2.93. The summed E-state index contributed by atoms with van der Waals surface area (Å²) in [5.41, 5.74) is 7.01. The normalized spacial score (nSPS) is 20.2. The van der Waals surface area contributed by atoms with Crippen LogP contribution in [0.2, 0.25) is 0 Å². The van der Waals surface area contributed by atoms with Crippen LogP contribution in [0.25, 0.3) is 44.2 Å². The molecule has 3 aliphatic rings. The van der Waals surface area contributed by atoms with Gasteiger partial charge in [-0.25, -0.2) is 19.6 Å². The van der Waals surface area contributed by atoms with E-state index in [1.54, 1.807) is 23.1 Å². The summed E-state index contributed by atoms with van der Waals surface area (Å²) in [4.78, 5) is 72.5. The predicted octanol–water partition coefficient (Wildman–Crippen LogP) is 7.64. The zero-order chi connectivity index (χ0) is 44.8. The van der Waals surface area contributed by atoms with Crippen LogP contribution in [0.3, 0.4) is 0 Å². The number of ether oxygens (including phenoxy) is 3. The number of likely N-dealkylation sites (tertiary alicyclic amines) is 2. The lowest BCUT2D eigenvalue weighted by molar-refractivity contribution is -0.137. The Balaban J connectivity index is 0.986. The highest BCUT2D eigenvalue weighted by Gasteiger charge is 2.43. The average Bonchev–Trinajstić information content (AvgIpc) is 4.12. The van der Waals surface area contributed by atoms with E-state index in [9.17, 15) is 24.3 Å². The molecule has 5 N–H and O–H groups in total. The number of H-pyrrole nitrogens is 2. The average molecular weight is 869 g/mol. The molecule has 3 aliphatic heterocycles. The van der Waals surface area contributed by atoms with Gasteiger partial charge in [0.05, 0.1) is 48.7 Å². The zero-order valence-electron chi connectivity index (χ0n) is 36.4. The molecule has 0 spiro atoms. The third-order valence-electron chi connectivity index (χ3n) is 12.9. The lowest BCUT2D eigenvalue weighted by Gasteiger charge is -2.32. The number of benzene rings is 4. The van der Waals surface area contributed by atoms with Crippen LogP contribution in [0, 0.1) is 11.8 Å². The molecule has 6 aromatic rings. The van der Waals surface area contributed by atoms with E-state index in [0.717, 1.165) is 61.9 Å². The Labute approximate surface area is 369 Å². The summed E-state index contributed by atoms with van der Waals surface area (Å²) in [6.07, 6.45) is 1.98. The summed E-state index contributed by atoms with van der Waals surface area (Å²) < 4.78 is 16.9. The minimum atomic E-state index is -1.22. The summed E-state index contributed by atoms with van der Waals surface area (Å²) >= 11 is 0. The molecular formula is C48H52N8O8. The van der Waals surface area contributed by atoms with Gasteiger partial charge in [-0.05, 0) is 84.0 Å². The second kappa shape index (κ2) is 17.3. The van der Waals surface area contributed by atoms with Crippen LogP contribution in [0.4, 0.5) is 9.59 Å². The molecule has 16 nitrogen and oxygen atoms in total. The van der Waals surface area contributed by atoms with Crippen molar-refractivity contribution in [2.45, 2.75) is 76.8 Å². The fourth-order valence-electron chi connectivity index (χ4n) is 9.78. The van der Waals surface area contributed by atoms with Crippen LogP contribution in [-0.2, 0) is 25.7 Å². The highest BCUT2D eigenvalue weighted by molar-refractivity contribution is 6.07. The van der Waals surface area contributed by atoms with Crippen molar-refractivity contribution in [3.8, 4) is 28.1 Å². The summed E-state index contributed by atoms with van der Waals surface area (Å²) in [6.45, 7) is 6.90. The molecule has 2 unspecified atom stereocenters.